The summed E-state index contributed by atoms with van der Waals surface area (Å²) in [5.74, 6) is 0. The summed E-state index contributed by atoms with van der Waals surface area (Å²) in [6.45, 7) is 1.17. The number of hydrogen-bond acceptors (Lipinski definition) is 1. The van der Waals surface area contributed by atoms with E-state index in [1.165, 1.54) is 12.1 Å². The summed E-state index contributed by atoms with van der Waals surface area (Å²) in [4.78, 5) is 1.77. The summed E-state index contributed by atoms with van der Waals surface area (Å²) < 4.78 is 38.5. The van der Waals surface area contributed by atoms with E-state index < -0.39 is 11.7 Å². The highest BCUT2D eigenvalue weighted by molar-refractivity contribution is 6.20. The van der Waals surface area contributed by atoms with Crippen LogP contribution in [0.25, 0.3) is 0 Å². The van der Waals surface area contributed by atoms with Crippen LogP contribution in [0.1, 0.15) is 18.4 Å². The Morgan fingerprint density at radius 2 is 1.71 bits per heavy atom. The lowest BCUT2D eigenvalue weighted by atomic mass is 10.1. The van der Waals surface area contributed by atoms with E-state index in [4.69, 9.17) is 11.6 Å². The van der Waals surface area contributed by atoms with Gasteiger partial charge in [-0.2, -0.15) is 13.2 Å². The number of para-hydroxylation sites is 1. The first-order chi connectivity index (χ1) is 7.98. The number of halogens is 4. The van der Waals surface area contributed by atoms with Gasteiger partial charge in [0.25, 0.3) is 0 Å². The van der Waals surface area contributed by atoms with Crippen LogP contribution in [0.2, 0.25) is 0 Å². The second-order valence-electron chi connectivity index (χ2n) is 4.18. The molecular weight excluding hydrogens is 251 g/mol. The normalized spacial score (nSPS) is 18.5. The molecule has 0 aliphatic carbocycles. The lowest BCUT2D eigenvalue weighted by molar-refractivity contribution is -0.137. The smallest absolute Gasteiger partial charge is 0.371 e. The Morgan fingerprint density at radius 3 is 2.29 bits per heavy atom. The Balaban J connectivity index is 2.26. The van der Waals surface area contributed by atoms with Crippen molar-refractivity contribution in [1.82, 2.24) is 0 Å². The van der Waals surface area contributed by atoms with Crippen LogP contribution in [0.4, 0.5) is 18.9 Å². The molecule has 1 fully saturated rings. The SMILES string of the molecule is FC(F)(F)c1ccccc1N1CCC(Cl)CC1. The first-order valence-electron chi connectivity index (χ1n) is 5.54. The van der Waals surface area contributed by atoms with Gasteiger partial charge in [0.15, 0.2) is 0 Å². The molecule has 1 aliphatic rings. The third-order valence-corrected chi connectivity index (χ3v) is 3.41. The van der Waals surface area contributed by atoms with Crippen molar-refractivity contribution >= 4 is 17.3 Å². The minimum absolute atomic E-state index is 0.0873. The quantitative estimate of drug-likeness (QED) is 0.695. The maximum absolute atomic E-state index is 12.8. The molecule has 0 atom stereocenters. The van der Waals surface area contributed by atoms with Crippen molar-refractivity contribution in [2.45, 2.75) is 24.4 Å². The van der Waals surface area contributed by atoms with Crippen LogP contribution < -0.4 is 4.90 Å². The van der Waals surface area contributed by atoms with Crippen LogP contribution in [0.5, 0.6) is 0 Å². The number of benzene rings is 1. The highest BCUT2D eigenvalue weighted by Gasteiger charge is 2.35. The van der Waals surface area contributed by atoms with E-state index in [1.54, 1.807) is 11.0 Å². The summed E-state index contributed by atoms with van der Waals surface area (Å²) in [7, 11) is 0. The zero-order chi connectivity index (χ0) is 12.5. The molecule has 1 aliphatic heterocycles. The Kier molecular flexibility index (Phi) is 3.52. The first-order valence-corrected chi connectivity index (χ1v) is 5.97. The van der Waals surface area contributed by atoms with Gasteiger partial charge >= 0.3 is 6.18 Å². The standard InChI is InChI=1S/C12H13ClF3N/c13-9-5-7-17(8-6-9)11-4-2-1-3-10(11)12(14,15)16/h1-4,9H,5-8H2. The molecule has 0 bridgehead atoms. The van der Waals surface area contributed by atoms with Crippen molar-refractivity contribution in [1.29, 1.82) is 0 Å². The van der Waals surface area contributed by atoms with E-state index in [0.29, 0.717) is 13.1 Å². The van der Waals surface area contributed by atoms with Gasteiger partial charge in [-0.3, -0.25) is 0 Å². The van der Waals surface area contributed by atoms with E-state index in [2.05, 4.69) is 0 Å². The number of nitrogens with zero attached hydrogens (tertiary/aromatic N) is 1. The molecule has 5 heteroatoms. The Hall–Kier alpha value is -0.900. The van der Waals surface area contributed by atoms with Crippen molar-refractivity contribution in [2.24, 2.45) is 0 Å². The molecule has 0 amide bonds. The van der Waals surface area contributed by atoms with Crippen molar-refractivity contribution < 1.29 is 13.2 Å². The highest BCUT2D eigenvalue weighted by atomic mass is 35.5. The predicted octanol–water partition coefficient (Wildman–Crippen LogP) is 3.91. The van der Waals surface area contributed by atoms with E-state index in [9.17, 15) is 13.2 Å². The average molecular weight is 264 g/mol. The van der Waals surface area contributed by atoms with E-state index in [1.807, 2.05) is 0 Å². The summed E-state index contributed by atoms with van der Waals surface area (Å²) in [6.07, 6.45) is -2.84. The van der Waals surface area contributed by atoms with Gasteiger partial charge < -0.3 is 4.90 Å². The van der Waals surface area contributed by atoms with Crippen molar-refractivity contribution in [3.8, 4) is 0 Å². The molecule has 0 N–H and O–H groups in total. The minimum Gasteiger partial charge on any atom is -0.371 e. The maximum Gasteiger partial charge on any atom is 0.418 e. The molecule has 0 saturated carbocycles. The van der Waals surface area contributed by atoms with Crippen molar-refractivity contribution in [3.05, 3.63) is 29.8 Å². The lowest BCUT2D eigenvalue weighted by Crippen LogP contribution is -2.35. The molecule has 0 aromatic heterocycles. The summed E-state index contributed by atoms with van der Waals surface area (Å²) in [6, 6.07) is 5.71. The fourth-order valence-corrected chi connectivity index (χ4v) is 2.27. The molecule has 1 aromatic rings. The fourth-order valence-electron chi connectivity index (χ4n) is 2.08. The molecule has 0 spiro atoms. The Morgan fingerprint density at radius 1 is 1.12 bits per heavy atom. The van der Waals surface area contributed by atoms with Crippen LogP contribution in [0.3, 0.4) is 0 Å². The molecule has 1 heterocycles. The van der Waals surface area contributed by atoms with E-state index in [-0.39, 0.29) is 11.1 Å². The number of anilines is 1. The van der Waals surface area contributed by atoms with Crippen molar-refractivity contribution in [3.63, 3.8) is 0 Å². The van der Waals surface area contributed by atoms with Gasteiger partial charge in [0.05, 0.1) is 5.56 Å². The van der Waals surface area contributed by atoms with Gasteiger partial charge in [-0.05, 0) is 25.0 Å². The molecule has 1 nitrogen and oxygen atoms in total. The zero-order valence-electron chi connectivity index (χ0n) is 9.17. The van der Waals surface area contributed by atoms with Crippen LogP contribution in [-0.4, -0.2) is 18.5 Å². The Labute approximate surface area is 103 Å². The topological polar surface area (TPSA) is 3.24 Å². The van der Waals surface area contributed by atoms with Gasteiger partial charge in [-0.15, -0.1) is 11.6 Å². The molecule has 0 unspecified atom stereocenters. The molecule has 94 valence electrons. The minimum atomic E-state index is -4.30. The van der Waals surface area contributed by atoms with Gasteiger partial charge in [0.1, 0.15) is 0 Å². The van der Waals surface area contributed by atoms with Gasteiger partial charge in [-0.25, -0.2) is 0 Å². The number of piperidine rings is 1. The maximum atomic E-state index is 12.8. The second kappa shape index (κ2) is 4.77. The molecule has 17 heavy (non-hydrogen) atoms. The second-order valence-corrected chi connectivity index (χ2v) is 4.79. The molecule has 1 saturated heterocycles. The number of hydrogen-bond donors (Lipinski definition) is 0. The van der Waals surface area contributed by atoms with Crippen LogP contribution >= 0.6 is 11.6 Å². The number of rotatable bonds is 1. The van der Waals surface area contributed by atoms with Crippen LogP contribution in [0.15, 0.2) is 24.3 Å². The largest absolute Gasteiger partial charge is 0.418 e. The zero-order valence-corrected chi connectivity index (χ0v) is 9.93. The highest BCUT2D eigenvalue weighted by Crippen LogP contribution is 2.37. The summed E-state index contributed by atoms with van der Waals surface area (Å²) in [5.41, 5.74) is -0.295. The lowest BCUT2D eigenvalue weighted by Gasteiger charge is -2.32. The monoisotopic (exact) mass is 263 g/mol. The first kappa shape index (κ1) is 12.6. The third-order valence-electron chi connectivity index (χ3n) is 2.97. The Bertz CT molecular complexity index is 384. The summed E-state index contributed by atoms with van der Waals surface area (Å²) in [5, 5.41) is 0.0873. The van der Waals surface area contributed by atoms with Gasteiger partial charge in [-0.1, -0.05) is 12.1 Å². The van der Waals surface area contributed by atoms with Gasteiger partial charge in [0, 0.05) is 24.2 Å². The molecule has 1 aromatic carbocycles. The summed E-state index contributed by atoms with van der Waals surface area (Å²) >= 11 is 5.95. The van der Waals surface area contributed by atoms with Crippen LogP contribution in [0, 0.1) is 0 Å². The van der Waals surface area contributed by atoms with Crippen LogP contribution in [-0.2, 0) is 6.18 Å². The fraction of sp³-hybridized carbons (Fsp3) is 0.500. The van der Waals surface area contributed by atoms with E-state index >= 15 is 0 Å². The predicted molar refractivity (Wildman–Crippen MR) is 62.5 cm³/mol. The molecule has 2 rings (SSSR count). The van der Waals surface area contributed by atoms with E-state index in [0.717, 1.165) is 18.9 Å². The van der Waals surface area contributed by atoms with Gasteiger partial charge in [0.2, 0.25) is 0 Å². The number of alkyl halides is 4. The van der Waals surface area contributed by atoms with Crippen molar-refractivity contribution in [2.75, 3.05) is 18.0 Å². The molecule has 0 radical (unpaired) electrons. The average Bonchev–Trinajstić information content (AvgIpc) is 2.29. The molecular formula is C12H13ClF3N. The third kappa shape index (κ3) is 2.86.